The Morgan fingerprint density at radius 2 is 1.84 bits per heavy atom. The second-order valence-electron chi connectivity index (χ2n) is 10.2. The fourth-order valence-corrected chi connectivity index (χ4v) is 4.51. The summed E-state index contributed by atoms with van der Waals surface area (Å²) in [5.41, 5.74) is 4.28. The van der Waals surface area contributed by atoms with Gasteiger partial charge in [0.15, 0.2) is 0 Å². The number of aliphatic hydroxyl groups is 1. The van der Waals surface area contributed by atoms with Crippen LogP contribution in [0.25, 0.3) is 11.1 Å². The maximum Gasteiger partial charge on any atom is 0.410 e. The van der Waals surface area contributed by atoms with Crippen molar-refractivity contribution in [3.8, 4) is 16.9 Å². The van der Waals surface area contributed by atoms with Crippen LogP contribution in [-0.2, 0) is 22.5 Å². The number of benzene rings is 3. The molecule has 0 fully saturated rings. The smallest absolute Gasteiger partial charge is 0.410 e. The molecule has 4 rings (SSSR count). The summed E-state index contributed by atoms with van der Waals surface area (Å²) in [6.45, 7) is 6.17. The average molecular weight is 538 g/mol. The largest absolute Gasteiger partial charge is 0.488 e. The number of hydrogen-bond acceptors (Lipinski definition) is 6. The predicted molar refractivity (Wildman–Crippen MR) is 145 cm³/mol. The highest BCUT2D eigenvalue weighted by Gasteiger charge is 2.25. The third-order valence-corrected chi connectivity index (χ3v) is 6.43. The van der Waals surface area contributed by atoms with E-state index < -0.39 is 17.8 Å². The summed E-state index contributed by atoms with van der Waals surface area (Å²) in [7, 11) is 1.36. The molecule has 1 heterocycles. The molecule has 0 unspecified atom stereocenters. The second-order valence-corrected chi connectivity index (χ2v) is 10.7. The van der Waals surface area contributed by atoms with Crippen molar-refractivity contribution in [2.75, 3.05) is 20.2 Å². The molecule has 0 bridgehead atoms. The maximum atomic E-state index is 13.0. The molecule has 0 aliphatic carbocycles. The Kier molecular flexibility index (Phi) is 8.29. The lowest BCUT2D eigenvalue weighted by molar-refractivity contribution is 0.0147. The molecule has 1 aliphatic heterocycles. The molecule has 3 aromatic carbocycles. The van der Waals surface area contributed by atoms with Gasteiger partial charge >= 0.3 is 12.1 Å². The van der Waals surface area contributed by atoms with Crippen molar-refractivity contribution in [3.63, 3.8) is 0 Å². The van der Waals surface area contributed by atoms with Crippen molar-refractivity contribution >= 4 is 23.7 Å². The molecule has 0 saturated carbocycles. The van der Waals surface area contributed by atoms with E-state index in [-0.39, 0.29) is 12.5 Å². The van der Waals surface area contributed by atoms with Crippen LogP contribution < -0.4 is 4.74 Å². The highest BCUT2D eigenvalue weighted by Crippen LogP contribution is 2.38. The van der Waals surface area contributed by atoms with Gasteiger partial charge < -0.3 is 24.2 Å². The first kappa shape index (κ1) is 27.5. The lowest BCUT2D eigenvalue weighted by Crippen LogP contribution is -2.40. The fraction of sp³-hybridized carbons (Fsp3) is 0.333. The molecule has 0 saturated heterocycles. The van der Waals surface area contributed by atoms with E-state index in [1.807, 2.05) is 45.0 Å². The predicted octanol–water partition coefficient (Wildman–Crippen LogP) is 6.20. The molecule has 38 heavy (non-hydrogen) atoms. The van der Waals surface area contributed by atoms with Crippen molar-refractivity contribution in [2.45, 2.75) is 45.5 Å². The first-order valence-corrected chi connectivity index (χ1v) is 12.8. The van der Waals surface area contributed by atoms with Crippen molar-refractivity contribution < 1.29 is 28.9 Å². The lowest BCUT2D eigenvalue weighted by Gasteiger charge is -2.29. The molecular weight excluding hydrogens is 506 g/mol. The van der Waals surface area contributed by atoms with E-state index in [4.69, 9.17) is 25.8 Å². The van der Waals surface area contributed by atoms with Crippen LogP contribution in [0.1, 0.15) is 53.9 Å². The number of carbonyl (C=O) groups excluding carboxylic acids is 2. The molecule has 0 radical (unpaired) electrons. The standard InChI is InChI=1S/C30H32ClNO6/c1-30(2,3)38-29(35)32(17-26(33)20-6-5-7-23(31)16-20)13-12-19-8-10-25-24-11-9-21(28(34)36-4)15-22(24)18-37-27(25)14-19/h5-11,14-16,26,33H,12-13,17-18H2,1-4H3/t26-/m1/s1. The molecule has 1 aliphatic rings. The van der Waals surface area contributed by atoms with E-state index in [9.17, 15) is 14.7 Å². The van der Waals surface area contributed by atoms with Gasteiger partial charge in [0.1, 0.15) is 18.0 Å². The topological polar surface area (TPSA) is 85.3 Å². The summed E-state index contributed by atoms with van der Waals surface area (Å²) >= 11 is 6.09. The second kappa shape index (κ2) is 11.5. The number of ether oxygens (including phenoxy) is 3. The highest BCUT2D eigenvalue weighted by molar-refractivity contribution is 6.30. The minimum Gasteiger partial charge on any atom is -0.488 e. The Hall–Kier alpha value is -3.55. The van der Waals surface area contributed by atoms with Crippen molar-refractivity contribution in [1.82, 2.24) is 4.90 Å². The third-order valence-electron chi connectivity index (χ3n) is 6.19. The number of carbonyl (C=O) groups is 2. The van der Waals surface area contributed by atoms with Crippen molar-refractivity contribution in [2.24, 2.45) is 0 Å². The zero-order chi connectivity index (χ0) is 27.4. The zero-order valence-electron chi connectivity index (χ0n) is 22.0. The summed E-state index contributed by atoms with van der Waals surface area (Å²) in [6, 6.07) is 18.4. The highest BCUT2D eigenvalue weighted by atomic mass is 35.5. The van der Waals surface area contributed by atoms with Crippen LogP contribution in [0.4, 0.5) is 4.79 Å². The quantitative estimate of drug-likeness (QED) is 0.361. The van der Waals surface area contributed by atoms with Gasteiger partial charge in [-0.2, -0.15) is 0 Å². The van der Waals surface area contributed by atoms with Gasteiger partial charge in [0.2, 0.25) is 0 Å². The Labute approximate surface area is 227 Å². The molecule has 3 aromatic rings. The van der Waals surface area contributed by atoms with Gasteiger partial charge in [-0.3, -0.25) is 0 Å². The Bertz CT molecular complexity index is 1330. The van der Waals surface area contributed by atoms with Crippen molar-refractivity contribution in [1.29, 1.82) is 0 Å². The van der Waals surface area contributed by atoms with Crippen LogP contribution in [0.2, 0.25) is 5.02 Å². The number of methoxy groups -OCH3 is 1. The van der Waals surface area contributed by atoms with Crippen molar-refractivity contribution in [3.05, 3.63) is 87.9 Å². The SMILES string of the molecule is COC(=O)c1ccc2c(c1)COc1cc(CCN(C[C@@H](O)c3cccc(Cl)c3)C(=O)OC(C)(C)C)ccc1-2. The zero-order valence-corrected chi connectivity index (χ0v) is 22.7. The number of esters is 1. The molecule has 1 N–H and O–H groups in total. The molecule has 7 nitrogen and oxygen atoms in total. The van der Waals surface area contributed by atoms with Gasteiger partial charge in [0.25, 0.3) is 0 Å². The molecular formula is C30H32ClNO6. The molecule has 8 heteroatoms. The van der Waals surface area contributed by atoms with Crippen LogP contribution in [0.15, 0.2) is 60.7 Å². The number of halogens is 1. The number of aliphatic hydroxyl groups excluding tert-OH is 1. The summed E-state index contributed by atoms with van der Waals surface area (Å²) < 4.78 is 16.4. The van der Waals surface area contributed by atoms with E-state index >= 15 is 0 Å². The number of fused-ring (bicyclic) bond motifs is 3. The van der Waals surface area contributed by atoms with Gasteiger partial charge in [-0.05, 0) is 79.8 Å². The van der Waals surface area contributed by atoms with E-state index in [0.29, 0.717) is 35.7 Å². The van der Waals surface area contributed by atoms with Crippen LogP contribution in [0.3, 0.4) is 0 Å². The Balaban J connectivity index is 1.50. The van der Waals surface area contributed by atoms with Gasteiger partial charge in [0.05, 0.1) is 25.3 Å². The van der Waals surface area contributed by atoms with Crippen LogP contribution >= 0.6 is 11.6 Å². The fourth-order valence-electron chi connectivity index (χ4n) is 4.32. The van der Waals surface area contributed by atoms with Gasteiger partial charge in [0, 0.05) is 17.1 Å². The summed E-state index contributed by atoms with van der Waals surface area (Å²) in [4.78, 5) is 26.4. The Morgan fingerprint density at radius 3 is 2.55 bits per heavy atom. The molecule has 200 valence electrons. The van der Waals surface area contributed by atoms with E-state index in [1.54, 1.807) is 36.4 Å². The summed E-state index contributed by atoms with van der Waals surface area (Å²) in [5, 5.41) is 11.3. The molecule has 0 spiro atoms. The first-order valence-electron chi connectivity index (χ1n) is 12.4. The van der Waals surface area contributed by atoms with Gasteiger partial charge in [-0.25, -0.2) is 9.59 Å². The van der Waals surface area contributed by atoms with E-state index in [2.05, 4.69) is 0 Å². The normalized spacial score (nSPS) is 13.0. The number of hydrogen-bond donors (Lipinski definition) is 1. The summed E-state index contributed by atoms with van der Waals surface area (Å²) in [6.07, 6.45) is -0.880. The minimum absolute atomic E-state index is 0.0621. The lowest BCUT2D eigenvalue weighted by atomic mass is 9.94. The third kappa shape index (κ3) is 6.65. The molecule has 1 amide bonds. The number of rotatable bonds is 7. The molecule has 0 aromatic heterocycles. The van der Waals surface area contributed by atoms with E-state index in [1.165, 1.54) is 12.0 Å². The van der Waals surface area contributed by atoms with Crippen LogP contribution in [-0.4, -0.2) is 47.9 Å². The molecule has 1 atom stereocenters. The summed E-state index contributed by atoms with van der Waals surface area (Å²) in [5.74, 6) is 0.354. The van der Waals surface area contributed by atoms with Crippen LogP contribution in [0, 0.1) is 0 Å². The number of amides is 1. The Morgan fingerprint density at radius 1 is 1.08 bits per heavy atom. The first-order chi connectivity index (χ1) is 18.0. The van der Waals surface area contributed by atoms with Gasteiger partial charge in [-0.15, -0.1) is 0 Å². The number of nitrogens with zero attached hydrogens (tertiary/aromatic N) is 1. The minimum atomic E-state index is -0.917. The van der Waals surface area contributed by atoms with Crippen LogP contribution in [0.5, 0.6) is 5.75 Å². The van der Waals surface area contributed by atoms with Gasteiger partial charge in [-0.1, -0.05) is 41.9 Å². The average Bonchev–Trinajstić information content (AvgIpc) is 2.88. The van der Waals surface area contributed by atoms with E-state index in [0.717, 1.165) is 28.0 Å². The maximum absolute atomic E-state index is 13.0. The monoisotopic (exact) mass is 537 g/mol.